The lowest BCUT2D eigenvalue weighted by Crippen LogP contribution is -2.21. The summed E-state index contributed by atoms with van der Waals surface area (Å²) in [5.74, 6) is 1.60. The molecule has 1 aromatic rings. The van der Waals surface area contributed by atoms with Gasteiger partial charge in [0.2, 0.25) is 0 Å². The van der Waals surface area contributed by atoms with Crippen molar-refractivity contribution in [3.05, 3.63) is 18.3 Å². The minimum Gasteiger partial charge on any atom is -0.497 e. The summed E-state index contributed by atoms with van der Waals surface area (Å²) in [6, 6.07) is 3.90. The highest BCUT2D eigenvalue weighted by Gasteiger charge is 2.02. The van der Waals surface area contributed by atoms with Gasteiger partial charge in [0, 0.05) is 25.4 Å². The topological polar surface area (TPSA) is 43.4 Å². The maximum Gasteiger partial charge on any atom is 0.129 e. The Kier molecular flexibility index (Phi) is 4.19. The molecule has 78 valence electrons. The molecule has 1 N–H and O–H groups in total. The lowest BCUT2D eigenvalue weighted by Gasteiger charge is -2.13. The summed E-state index contributed by atoms with van der Waals surface area (Å²) in [6.07, 6.45) is 1.71. The Morgan fingerprint density at radius 3 is 2.93 bits per heavy atom. The van der Waals surface area contributed by atoms with E-state index in [1.54, 1.807) is 20.4 Å². The number of hydrogen-bond acceptors (Lipinski definition) is 4. The zero-order valence-corrected chi connectivity index (χ0v) is 8.78. The Hall–Kier alpha value is -1.29. The molecule has 0 amide bonds. The normalized spacial score (nSPS) is 12.2. The van der Waals surface area contributed by atoms with E-state index in [0.29, 0.717) is 6.61 Å². The molecule has 4 nitrogen and oxygen atoms in total. The van der Waals surface area contributed by atoms with Gasteiger partial charge in [-0.25, -0.2) is 4.98 Å². The highest BCUT2D eigenvalue weighted by atomic mass is 16.5. The van der Waals surface area contributed by atoms with Crippen LogP contribution in [0.25, 0.3) is 0 Å². The summed E-state index contributed by atoms with van der Waals surface area (Å²) in [5.41, 5.74) is 0. The fourth-order valence-corrected chi connectivity index (χ4v) is 1.16. The van der Waals surface area contributed by atoms with Gasteiger partial charge in [-0.1, -0.05) is 0 Å². The molecule has 0 aliphatic rings. The summed E-state index contributed by atoms with van der Waals surface area (Å²) in [6.45, 7) is 2.68. The molecule has 0 bridgehead atoms. The molecular formula is C10H16N2O2. The van der Waals surface area contributed by atoms with Crippen molar-refractivity contribution in [2.24, 2.45) is 0 Å². The zero-order chi connectivity index (χ0) is 10.4. The minimum atomic E-state index is 0.236. The largest absolute Gasteiger partial charge is 0.497 e. The molecule has 1 unspecified atom stereocenters. The molecule has 4 heteroatoms. The van der Waals surface area contributed by atoms with Crippen molar-refractivity contribution in [2.45, 2.75) is 13.0 Å². The molecule has 1 heterocycles. The van der Waals surface area contributed by atoms with E-state index in [-0.39, 0.29) is 6.04 Å². The van der Waals surface area contributed by atoms with Gasteiger partial charge in [-0.15, -0.1) is 0 Å². The first-order chi connectivity index (χ1) is 6.76. The van der Waals surface area contributed by atoms with Crippen LogP contribution >= 0.6 is 0 Å². The van der Waals surface area contributed by atoms with Gasteiger partial charge in [-0.2, -0.15) is 0 Å². The molecule has 0 aliphatic carbocycles. The third-order valence-electron chi connectivity index (χ3n) is 1.78. The van der Waals surface area contributed by atoms with Crippen LogP contribution in [0.4, 0.5) is 5.82 Å². The lowest BCUT2D eigenvalue weighted by molar-refractivity contribution is 0.190. The van der Waals surface area contributed by atoms with Gasteiger partial charge in [0.1, 0.15) is 11.6 Å². The standard InChI is InChI=1S/C10H16N2O2/c1-8(7-13-2)12-10-6-9(14-3)4-5-11-10/h4-6,8H,7H2,1-3H3,(H,11,12). The Labute approximate surface area is 84.3 Å². The van der Waals surface area contributed by atoms with Crippen molar-refractivity contribution in [3.63, 3.8) is 0 Å². The molecular weight excluding hydrogens is 180 g/mol. The monoisotopic (exact) mass is 196 g/mol. The van der Waals surface area contributed by atoms with Crippen LogP contribution in [0.3, 0.4) is 0 Å². The van der Waals surface area contributed by atoms with Gasteiger partial charge >= 0.3 is 0 Å². The van der Waals surface area contributed by atoms with Crippen molar-refractivity contribution in [1.82, 2.24) is 4.98 Å². The number of rotatable bonds is 5. The first-order valence-corrected chi connectivity index (χ1v) is 4.51. The number of hydrogen-bond donors (Lipinski definition) is 1. The van der Waals surface area contributed by atoms with Crippen molar-refractivity contribution in [1.29, 1.82) is 0 Å². The molecule has 0 saturated carbocycles. The lowest BCUT2D eigenvalue weighted by atomic mass is 10.3. The average Bonchev–Trinajstić information content (AvgIpc) is 2.18. The minimum absolute atomic E-state index is 0.236. The van der Waals surface area contributed by atoms with Crippen LogP contribution in [0.2, 0.25) is 0 Å². The van der Waals surface area contributed by atoms with Gasteiger partial charge in [-0.05, 0) is 13.0 Å². The number of nitrogens with zero attached hydrogens (tertiary/aromatic N) is 1. The highest BCUT2D eigenvalue weighted by Crippen LogP contribution is 2.14. The van der Waals surface area contributed by atoms with E-state index in [1.807, 2.05) is 19.1 Å². The first-order valence-electron chi connectivity index (χ1n) is 4.51. The summed E-state index contributed by atoms with van der Waals surface area (Å²) in [5, 5.41) is 3.20. The van der Waals surface area contributed by atoms with E-state index in [4.69, 9.17) is 9.47 Å². The molecule has 0 saturated heterocycles. The van der Waals surface area contributed by atoms with Crippen molar-refractivity contribution in [2.75, 3.05) is 26.1 Å². The van der Waals surface area contributed by atoms with E-state index >= 15 is 0 Å². The van der Waals surface area contributed by atoms with E-state index < -0.39 is 0 Å². The second-order valence-corrected chi connectivity index (χ2v) is 3.08. The summed E-state index contributed by atoms with van der Waals surface area (Å²) in [4.78, 5) is 4.16. The second-order valence-electron chi connectivity index (χ2n) is 3.08. The molecule has 0 radical (unpaired) electrons. The van der Waals surface area contributed by atoms with Gasteiger partial charge in [0.05, 0.1) is 13.7 Å². The Morgan fingerprint density at radius 2 is 2.29 bits per heavy atom. The predicted octanol–water partition coefficient (Wildman–Crippen LogP) is 1.54. The van der Waals surface area contributed by atoms with Crippen LogP contribution in [-0.2, 0) is 4.74 Å². The molecule has 1 aromatic heterocycles. The fourth-order valence-electron chi connectivity index (χ4n) is 1.16. The van der Waals surface area contributed by atoms with Crippen molar-refractivity contribution < 1.29 is 9.47 Å². The summed E-state index contributed by atoms with van der Waals surface area (Å²) in [7, 11) is 3.31. The van der Waals surface area contributed by atoms with Gasteiger partial charge in [0.25, 0.3) is 0 Å². The van der Waals surface area contributed by atoms with Crippen LogP contribution in [0, 0.1) is 0 Å². The fraction of sp³-hybridized carbons (Fsp3) is 0.500. The third kappa shape index (κ3) is 3.22. The smallest absolute Gasteiger partial charge is 0.129 e. The van der Waals surface area contributed by atoms with Crippen LogP contribution in [0.5, 0.6) is 5.75 Å². The number of ether oxygens (including phenoxy) is 2. The zero-order valence-electron chi connectivity index (χ0n) is 8.78. The quantitative estimate of drug-likeness (QED) is 0.775. The number of nitrogens with one attached hydrogen (secondary N) is 1. The average molecular weight is 196 g/mol. The van der Waals surface area contributed by atoms with Crippen molar-refractivity contribution >= 4 is 5.82 Å². The Balaban J connectivity index is 2.57. The van der Waals surface area contributed by atoms with Crippen LogP contribution in [0.15, 0.2) is 18.3 Å². The van der Waals surface area contributed by atoms with Gasteiger partial charge in [-0.3, -0.25) is 0 Å². The highest BCUT2D eigenvalue weighted by molar-refractivity contribution is 5.41. The van der Waals surface area contributed by atoms with Gasteiger partial charge in [0.15, 0.2) is 0 Å². The summed E-state index contributed by atoms with van der Waals surface area (Å²) < 4.78 is 10.1. The molecule has 0 aromatic carbocycles. The molecule has 0 spiro atoms. The number of pyridine rings is 1. The maximum absolute atomic E-state index is 5.09. The first kappa shape index (κ1) is 10.8. The predicted molar refractivity (Wildman–Crippen MR) is 55.7 cm³/mol. The second kappa shape index (κ2) is 5.44. The van der Waals surface area contributed by atoms with Gasteiger partial charge < -0.3 is 14.8 Å². The third-order valence-corrected chi connectivity index (χ3v) is 1.78. The molecule has 0 fully saturated rings. The summed E-state index contributed by atoms with van der Waals surface area (Å²) >= 11 is 0. The number of methoxy groups -OCH3 is 2. The number of aromatic nitrogens is 1. The SMILES string of the molecule is COCC(C)Nc1cc(OC)ccn1. The van der Waals surface area contributed by atoms with Crippen molar-refractivity contribution in [3.8, 4) is 5.75 Å². The molecule has 1 atom stereocenters. The maximum atomic E-state index is 5.09. The Bertz CT molecular complexity index is 279. The van der Waals surface area contributed by atoms with Crippen LogP contribution in [0.1, 0.15) is 6.92 Å². The molecule has 0 aliphatic heterocycles. The van der Waals surface area contributed by atoms with E-state index in [0.717, 1.165) is 11.6 Å². The molecule has 14 heavy (non-hydrogen) atoms. The van der Waals surface area contributed by atoms with E-state index in [2.05, 4.69) is 10.3 Å². The van der Waals surface area contributed by atoms with Crippen LogP contribution < -0.4 is 10.1 Å². The van der Waals surface area contributed by atoms with Crippen LogP contribution in [-0.4, -0.2) is 31.9 Å². The number of anilines is 1. The van der Waals surface area contributed by atoms with E-state index in [9.17, 15) is 0 Å². The van der Waals surface area contributed by atoms with E-state index in [1.165, 1.54) is 0 Å². The molecule has 1 rings (SSSR count). The Morgan fingerprint density at radius 1 is 1.50 bits per heavy atom.